The van der Waals surface area contributed by atoms with E-state index in [2.05, 4.69) is 42.4 Å². The van der Waals surface area contributed by atoms with E-state index in [9.17, 15) is 19.2 Å². The Kier molecular flexibility index (Phi) is 36.3. The Morgan fingerprint density at radius 1 is 0.878 bits per heavy atom. The summed E-state index contributed by atoms with van der Waals surface area (Å²) in [6.45, 7) is 28.6. The smallest absolute Gasteiger partial charge is 0.333 e. The molecular weight excluding hydrogens is 526 g/mol. The fraction of sp³-hybridized carbons (Fsp3) is 0.375. The zero-order valence-electron chi connectivity index (χ0n) is 26.0. The number of carbonyl (C=O) groups is 4. The highest BCUT2D eigenvalue weighted by atomic mass is 16.5. The first-order valence-corrected chi connectivity index (χ1v) is 12.5. The number of carboxylic acid groups (broad SMARTS) is 1. The van der Waals surface area contributed by atoms with Crippen LogP contribution in [-0.4, -0.2) is 49.3 Å². The molecule has 1 aromatic rings. The van der Waals surface area contributed by atoms with E-state index in [1.807, 2.05) is 57.2 Å². The minimum atomic E-state index is -0.935. The normalized spacial score (nSPS) is 8.29. The van der Waals surface area contributed by atoms with Crippen molar-refractivity contribution in [1.29, 1.82) is 0 Å². The van der Waals surface area contributed by atoms with E-state index >= 15 is 0 Å². The summed E-state index contributed by atoms with van der Waals surface area (Å²) in [4.78, 5) is 40.9. The maximum atomic E-state index is 10.7. The fourth-order valence-electron chi connectivity index (χ4n) is 1.50. The molecule has 9 heteroatoms. The zero-order chi connectivity index (χ0) is 32.1. The third-order valence-electron chi connectivity index (χ3n) is 3.74. The number of carbonyl (C=O) groups excluding carboxylic acids is 3. The van der Waals surface area contributed by atoms with Crippen LogP contribution in [0.15, 0.2) is 86.0 Å². The van der Waals surface area contributed by atoms with Crippen LogP contribution < -0.4 is 6.15 Å². The highest BCUT2D eigenvalue weighted by molar-refractivity contribution is 5.87. The Labute approximate surface area is 246 Å². The van der Waals surface area contributed by atoms with Crippen molar-refractivity contribution >= 4 is 30.0 Å². The van der Waals surface area contributed by atoms with Gasteiger partial charge in [-0.15, -0.1) is 0 Å². The molecule has 0 heterocycles. The number of unbranched alkanes of at least 4 members (excludes halogenated alkanes) is 1. The number of esters is 3. The number of benzene rings is 1. The Morgan fingerprint density at radius 2 is 1.34 bits per heavy atom. The second kappa shape index (κ2) is 32.0. The van der Waals surface area contributed by atoms with Gasteiger partial charge in [0, 0.05) is 22.8 Å². The lowest BCUT2D eigenvalue weighted by Gasteiger charge is -2.05. The van der Waals surface area contributed by atoms with Gasteiger partial charge in [-0.2, -0.15) is 0 Å². The van der Waals surface area contributed by atoms with Crippen molar-refractivity contribution in [1.82, 2.24) is 6.15 Å². The van der Waals surface area contributed by atoms with Crippen LogP contribution in [0.2, 0.25) is 0 Å². The first-order valence-electron chi connectivity index (χ1n) is 12.5. The lowest BCUT2D eigenvalue weighted by atomic mass is 10.2. The first-order chi connectivity index (χ1) is 18.6. The summed E-state index contributed by atoms with van der Waals surface area (Å²) in [5.74, 6) is -1.52. The predicted molar refractivity (Wildman–Crippen MR) is 168 cm³/mol. The molecule has 1 rings (SSSR count). The van der Waals surface area contributed by atoms with Crippen molar-refractivity contribution in [3.05, 3.63) is 91.6 Å². The second-order valence-corrected chi connectivity index (χ2v) is 8.47. The molecule has 0 radical (unpaired) electrons. The van der Waals surface area contributed by atoms with Gasteiger partial charge in [0.15, 0.2) is 0 Å². The van der Waals surface area contributed by atoms with Gasteiger partial charge in [0.25, 0.3) is 0 Å². The van der Waals surface area contributed by atoms with Crippen LogP contribution in [0.5, 0.6) is 0 Å². The third-order valence-corrected chi connectivity index (χ3v) is 3.74. The maximum absolute atomic E-state index is 10.7. The molecule has 232 valence electrons. The summed E-state index contributed by atoms with van der Waals surface area (Å²) >= 11 is 0. The number of aliphatic carboxylic acids is 1. The largest absolute Gasteiger partial charge is 0.478 e. The van der Waals surface area contributed by atoms with Gasteiger partial charge in [-0.3, -0.25) is 0 Å². The highest BCUT2D eigenvalue weighted by Crippen LogP contribution is 1.98. The van der Waals surface area contributed by atoms with Gasteiger partial charge < -0.3 is 25.5 Å². The Morgan fingerprint density at radius 3 is 1.59 bits per heavy atom. The molecule has 0 fully saturated rings. The second-order valence-electron chi connectivity index (χ2n) is 8.47. The third kappa shape index (κ3) is 40.4. The molecule has 0 atom stereocenters. The van der Waals surface area contributed by atoms with Gasteiger partial charge in [-0.1, -0.05) is 96.5 Å². The van der Waals surface area contributed by atoms with E-state index in [4.69, 9.17) is 9.84 Å². The van der Waals surface area contributed by atoms with Gasteiger partial charge in [0.05, 0.1) is 20.3 Å². The van der Waals surface area contributed by atoms with E-state index < -0.39 is 5.97 Å². The van der Waals surface area contributed by atoms with Crippen LogP contribution in [0.3, 0.4) is 0 Å². The van der Waals surface area contributed by atoms with Gasteiger partial charge >= 0.3 is 23.9 Å². The molecule has 4 N–H and O–H groups in total. The van der Waals surface area contributed by atoms with Crippen molar-refractivity contribution in [3.63, 3.8) is 0 Å². The number of hydrogen-bond donors (Lipinski definition) is 2. The molecule has 0 aliphatic heterocycles. The van der Waals surface area contributed by atoms with Gasteiger partial charge in [0.1, 0.15) is 0 Å². The van der Waals surface area contributed by atoms with Crippen LogP contribution in [0.1, 0.15) is 59.9 Å². The topological polar surface area (TPSA) is 151 Å². The Hall–Kier alpha value is -4.24. The minimum Gasteiger partial charge on any atom is -0.478 e. The van der Waals surface area contributed by atoms with Gasteiger partial charge in [-0.05, 0) is 38.7 Å². The number of methoxy groups -OCH3 is 1. The van der Waals surface area contributed by atoms with Crippen LogP contribution in [0, 0.1) is 5.92 Å². The monoisotopic (exact) mass is 577 g/mol. The molecule has 0 saturated heterocycles. The van der Waals surface area contributed by atoms with Crippen LogP contribution >= 0.6 is 0 Å². The SMILES string of the molecule is C=C(C)C(=O)O.C=C(C)C(=O)OC.C=C(C)C(=O)OCC(C)C.C=CC(=O)OCCCC.C=Cc1ccccc1.N. The van der Waals surface area contributed by atoms with E-state index in [0.29, 0.717) is 30.3 Å². The molecule has 1 aromatic carbocycles. The summed E-state index contributed by atoms with van der Waals surface area (Å²) in [5.41, 5.74) is 2.24. The van der Waals surface area contributed by atoms with E-state index in [0.717, 1.165) is 12.8 Å². The molecule has 0 saturated carbocycles. The fourth-order valence-corrected chi connectivity index (χ4v) is 1.50. The van der Waals surface area contributed by atoms with Crippen molar-refractivity contribution in [2.75, 3.05) is 20.3 Å². The van der Waals surface area contributed by atoms with E-state index in [1.54, 1.807) is 13.8 Å². The Balaban J connectivity index is -0.000000132. The molecule has 9 nitrogen and oxygen atoms in total. The summed E-state index contributed by atoms with van der Waals surface area (Å²) in [6.07, 6.45) is 4.99. The molecule has 0 aromatic heterocycles. The van der Waals surface area contributed by atoms with Gasteiger partial charge in [-0.25, -0.2) is 19.2 Å². The van der Waals surface area contributed by atoms with Crippen molar-refractivity contribution < 1.29 is 38.5 Å². The molecule has 0 aliphatic carbocycles. The van der Waals surface area contributed by atoms with E-state index in [1.165, 1.54) is 25.7 Å². The zero-order valence-corrected chi connectivity index (χ0v) is 26.0. The van der Waals surface area contributed by atoms with Crippen molar-refractivity contribution in [2.24, 2.45) is 5.92 Å². The van der Waals surface area contributed by atoms with Crippen LogP contribution in [0.4, 0.5) is 0 Å². The standard InChI is InChI=1S/C8H14O2.C8H8.C7H12O2.C5H8O2.C4H6O2.H3N/c1-6(2)5-10-8(9)7(3)4;1-2-8-6-4-3-5-7-8;1-3-5-6-9-7(8)4-2;1-4(2)5(6)7-3;1-3(2)4(5)6;/h6H,3,5H2,1-2,4H3;2-7H,1H2;4H,2-3,5-6H2,1H3;1H2,2-3H3;1H2,2H3,(H,5,6);1H3. The summed E-state index contributed by atoms with van der Waals surface area (Å²) in [6, 6.07) is 10.0. The van der Waals surface area contributed by atoms with Crippen molar-refractivity contribution in [2.45, 2.75) is 54.4 Å². The molecule has 0 spiro atoms. The molecule has 0 bridgehead atoms. The number of rotatable bonds is 10. The number of carboxylic acids is 1. The Bertz CT molecular complexity index is 922. The lowest BCUT2D eigenvalue weighted by Crippen LogP contribution is -2.09. The average molecular weight is 578 g/mol. The maximum Gasteiger partial charge on any atom is 0.333 e. The average Bonchev–Trinajstić information content (AvgIpc) is 2.92. The molecule has 0 aliphatic rings. The first kappa shape index (κ1) is 46.6. The quantitative estimate of drug-likeness (QED) is 0.128. The van der Waals surface area contributed by atoms with Crippen LogP contribution in [-0.2, 0) is 33.4 Å². The number of hydrogen-bond acceptors (Lipinski definition) is 8. The molecular formula is C32H51NO8. The predicted octanol–water partition coefficient (Wildman–Crippen LogP) is 7.15. The summed E-state index contributed by atoms with van der Waals surface area (Å²) in [7, 11) is 1.33. The molecule has 0 unspecified atom stereocenters. The molecule has 41 heavy (non-hydrogen) atoms. The van der Waals surface area contributed by atoms with Gasteiger partial charge in [0.2, 0.25) is 0 Å². The van der Waals surface area contributed by atoms with E-state index in [-0.39, 0.29) is 29.6 Å². The minimum absolute atomic E-state index is 0. The highest BCUT2D eigenvalue weighted by Gasteiger charge is 2.03. The lowest BCUT2D eigenvalue weighted by molar-refractivity contribution is -0.140. The van der Waals surface area contributed by atoms with Crippen molar-refractivity contribution in [3.8, 4) is 0 Å². The summed E-state index contributed by atoms with van der Waals surface area (Å²) < 4.78 is 13.8. The summed E-state index contributed by atoms with van der Waals surface area (Å²) in [5, 5.41) is 7.89. The number of ether oxygens (including phenoxy) is 3. The molecule has 0 amide bonds. The van der Waals surface area contributed by atoms with Crippen LogP contribution in [0.25, 0.3) is 6.08 Å².